The molecule has 0 radical (unpaired) electrons. The molecule has 31 heavy (non-hydrogen) atoms. The van der Waals surface area contributed by atoms with E-state index in [9.17, 15) is 4.79 Å². The Morgan fingerprint density at radius 3 is 2.77 bits per heavy atom. The smallest absolute Gasteiger partial charge is 0.260 e. The van der Waals surface area contributed by atoms with E-state index in [1.54, 1.807) is 11.3 Å². The van der Waals surface area contributed by atoms with Gasteiger partial charge in [-0.3, -0.25) is 4.79 Å². The third-order valence-electron chi connectivity index (χ3n) is 5.64. The molecule has 6 heteroatoms. The topological polar surface area (TPSA) is 64.2 Å². The molecule has 1 aliphatic carbocycles. The first-order valence-electron chi connectivity index (χ1n) is 10.7. The maximum absolute atomic E-state index is 12.8. The lowest BCUT2D eigenvalue weighted by molar-refractivity contribution is 0.216. The van der Waals surface area contributed by atoms with Gasteiger partial charge < -0.3 is 14.5 Å². The van der Waals surface area contributed by atoms with Crippen LogP contribution in [0.5, 0.6) is 11.5 Å². The summed E-state index contributed by atoms with van der Waals surface area (Å²) in [5.41, 5.74) is 3.10. The van der Waals surface area contributed by atoms with E-state index in [1.807, 2.05) is 55.5 Å². The van der Waals surface area contributed by atoms with Gasteiger partial charge in [-0.1, -0.05) is 30.3 Å². The van der Waals surface area contributed by atoms with E-state index in [2.05, 4.69) is 4.98 Å². The minimum atomic E-state index is -0.0441. The van der Waals surface area contributed by atoms with Crippen LogP contribution in [0, 0.1) is 6.92 Å². The van der Waals surface area contributed by atoms with E-state index in [1.165, 1.54) is 16.9 Å². The van der Waals surface area contributed by atoms with Gasteiger partial charge in [0.05, 0.1) is 5.39 Å². The molecule has 1 aliphatic rings. The Bertz CT molecular complexity index is 1290. The van der Waals surface area contributed by atoms with E-state index in [-0.39, 0.29) is 5.56 Å². The fourth-order valence-electron chi connectivity index (χ4n) is 4.06. The Morgan fingerprint density at radius 1 is 1.03 bits per heavy atom. The number of thiophene rings is 1. The summed E-state index contributed by atoms with van der Waals surface area (Å²) < 4.78 is 11.7. The minimum Gasteiger partial charge on any atom is -0.490 e. The molecule has 4 aromatic rings. The number of aromatic nitrogens is 2. The molecule has 0 fully saturated rings. The van der Waals surface area contributed by atoms with Crippen molar-refractivity contribution in [3.8, 4) is 22.9 Å². The quantitative estimate of drug-likeness (QED) is 0.420. The van der Waals surface area contributed by atoms with Gasteiger partial charge in [-0.15, -0.1) is 11.3 Å². The van der Waals surface area contributed by atoms with E-state index >= 15 is 0 Å². The second-order valence-electron chi connectivity index (χ2n) is 7.80. The second kappa shape index (κ2) is 8.55. The third kappa shape index (κ3) is 4.08. The Balaban J connectivity index is 1.32. The average molecular weight is 433 g/mol. The molecule has 5 nitrogen and oxygen atoms in total. The van der Waals surface area contributed by atoms with Crippen molar-refractivity contribution >= 4 is 21.6 Å². The van der Waals surface area contributed by atoms with Crippen LogP contribution in [0.2, 0.25) is 0 Å². The third-order valence-corrected chi connectivity index (χ3v) is 6.82. The van der Waals surface area contributed by atoms with Crippen molar-refractivity contribution in [3.63, 3.8) is 0 Å². The summed E-state index contributed by atoms with van der Waals surface area (Å²) >= 11 is 1.66. The van der Waals surface area contributed by atoms with Crippen LogP contribution in [-0.4, -0.2) is 23.2 Å². The van der Waals surface area contributed by atoms with Gasteiger partial charge in [0.25, 0.3) is 5.56 Å². The Kier molecular flexibility index (Phi) is 5.47. The predicted octanol–water partition coefficient (Wildman–Crippen LogP) is 5.30. The number of H-pyrrole nitrogens is 1. The van der Waals surface area contributed by atoms with Gasteiger partial charge in [-0.25, -0.2) is 4.98 Å². The number of hydrogen-bond acceptors (Lipinski definition) is 5. The Hall–Kier alpha value is -3.12. The predicted molar refractivity (Wildman–Crippen MR) is 124 cm³/mol. The standard InChI is InChI=1S/C25H24N2O3S/c1-16-7-2-4-11-20(16)30-14-13-29-18-9-6-8-17(15-18)23-26-24(28)22-19-10-3-5-12-21(19)31-25(22)27-23/h2,4,6-9,11,15H,3,5,10,12-14H2,1H3,(H,26,27,28). The van der Waals surface area contributed by atoms with E-state index in [0.717, 1.165) is 52.1 Å². The molecule has 158 valence electrons. The van der Waals surface area contributed by atoms with Crippen LogP contribution in [-0.2, 0) is 12.8 Å². The van der Waals surface area contributed by atoms with Crippen molar-refractivity contribution in [1.29, 1.82) is 0 Å². The minimum absolute atomic E-state index is 0.0441. The zero-order chi connectivity index (χ0) is 21.2. The largest absolute Gasteiger partial charge is 0.490 e. The summed E-state index contributed by atoms with van der Waals surface area (Å²) in [6, 6.07) is 15.6. The highest BCUT2D eigenvalue weighted by atomic mass is 32.1. The zero-order valence-electron chi connectivity index (χ0n) is 17.4. The summed E-state index contributed by atoms with van der Waals surface area (Å²) in [5, 5.41) is 0.782. The van der Waals surface area contributed by atoms with E-state index in [4.69, 9.17) is 14.5 Å². The van der Waals surface area contributed by atoms with Gasteiger partial charge >= 0.3 is 0 Å². The van der Waals surface area contributed by atoms with Crippen LogP contribution in [0.25, 0.3) is 21.6 Å². The summed E-state index contributed by atoms with van der Waals surface area (Å²) in [5.74, 6) is 2.17. The van der Waals surface area contributed by atoms with Gasteiger partial charge in [0.15, 0.2) is 0 Å². The van der Waals surface area contributed by atoms with Crippen molar-refractivity contribution in [2.24, 2.45) is 0 Å². The number of fused-ring (bicyclic) bond motifs is 3. The highest BCUT2D eigenvalue weighted by Gasteiger charge is 2.20. The lowest BCUT2D eigenvalue weighted by Gasteiger charge is -2.11. The van der Waals surface area contributed by atoms with Crippen LogP contribution in [0.1, 0.15) is 28.8 Å². The van der Waals surface area contributed by atoms with Gasteiger partial charge in [0.2, 0.25) is 0 Å². The van der Waals surface area contributed by atoms with Crippen molar-refractivity contribution in [2.45, 2.75) is 32.6 Å². The van der Waals surface area contributed by atoms with Gasteiger partial charge in [0, 0.05) is 10.4 Å². The van der Waals surface area contributed by atoms with E-state index in [0.29, 0.717) is 19.0 Å². The lowest BCUT2D eigenvalue weighted by atomic mass is 9.97. The SMILES string of the molecule is Cc1ccccc1OCCOc1cccc(-c2nc3sc4c(c3c(=O)[nH]2)CCCC4)c1. The number of aryl methyl sites for hydroxylation is 3. The average Bonchev–Trinajstić information content (AvgIpc) is 3.17. The maximum atomic E-state index is 12.8. The molecule has 0 spiro atoms. The monoisotopic (exact) mass is 432 g/mol. The number of para-hydroxylation sites is 1. The maximum Gasteiger partial charge on any atom is 0.260 e. The second-order valence-corrected chi connectivity index (χ2v) is 8.88. The molecular weight excluding hydrogens is 408 g/mol. The molecule has 1 N–H and O–H groups in total. The first-order chi connectivity index (χ1) is 15.2. The van der Waals surface area contributed by atoms with Crippen LogP contribution in [0.4, 0.5) is 0 Å². The fraction of sp³-hybridized carbons (Fsp3) is 0.280. The molecule has 0 unspecified atom stereocenters. The highest BCUT2D eigenvalue weighted by molar-refractivity contribution is 7.18. The molecule has 0 bridgehead atoms. The van der Waals surface area contributed by atoms with Crippen molar-refractivity contribution in [1.82, 2.24) is 9.97 Å². The number of nitrogens with one attached hydrogen (secondary N) is 1. The van der Waals surface area contributed by atoms with E-state index < -0.39 is 0 Å². The molecular formula is C25H24N2O3S. The number of nitrogens with zero attached hydrogens (tertiary/aromatic N) is 1. The van der Waals surface area contributed by atoms with Gasteiger partial charge in [-0.05, 0) is 61.9 Å². The number of benzene rings is 2. The summed E-state index contributed by atoms with van der Waals surface area (Å²) in [4.78, 5) is 22.8. The summed E-state index contributed by atoms with van der Waals surface area (Å²) in [6.07, 6.45) is 4.37. The molecule has 2 aromatic carbocycles. The Morgan fingerprint density at radius 2 is 1.87 bits per heavy atom. The van der Waals surface area contributed by atoms with Crippen molar-refractivity contribution < 1.29 is 9.47 Å². The number of rotatable bonds is 6. The molecule has 0 atom stereocenters. The fourth-order valence-corrected chi connectivity index (χ4v) is 5.33. The Labute approximate surface area is 184 Å². The first-order valence-corrected chi connectivity index (χ1v) is 11.5. The lowest BCUT2D eigenvalue weighted by Crippen LogP contribution is -2.11. The molecule has 0 saturated heterocycles. The van der Waals surface area contributed by atoms with Crippen LogP contribution < -0.4 is 15.0 Å². The number of hydrogen-bond donors (Lipinski definition) is 1. The molecule has 2 aromatic heterocycles. The van der Waals surface area contributed by atoms with Crippen molar-refractivity contribution in [3.05, 3.63) is 74.9 Å². The molecule has 0 aliphatic heterocycles. The molecule has 5 rings (SSSR count). The summed E-state index contributed by atoms with van der Waals surface area (Å²) in [6.45, 7) is 2.91. The first kappa shape index (κ1) is 19.8. The molecule has 0 saturated carbocycles. The number of ether oxygens (including phenoxy) is 2. The molecule has 2 heterocycles. The van der Waals surface area contributed by atoms with Crippen LogP contribution in [0.3, 0.4) is 0 Å². The normalized spacial score (nSPS) is 13.2. The summed E-state index contributed by atoms with van der Waals surface area (Å²) in [7, 11) is 0. The zero-order valence-corrected chi connectivity index (χ0v) is 18.3. The van der Waals surface area contributed by atoms with Gasteiger partial charge in [0.1, 0.15) is 35.4 Å². The molecule has 0 amide bonds. The van der Waals surface area contributed by atoms with Crippen molar-refractivity contribution in [2.75, 3.05) is 13.2 Å². The number of aromatic amines is 1. The highest BCUT2D eigenvalue weighted by Crippen LogP contribution is 2.34. The van der Waals surface area contributed by atoms with Crippen LogP contribution >= 0.6 is 11.3 Å². The van der Waals surface area contributed by atoms with Crippen LogP contribution in [0.15, 0.2) is 53.3 Å². The van der Waals surface area contributed by atoms with Gasteiger partial charge in [-0.2, -0.15) is 0 Å².